The summed E-state index contributed by atoms with van der Waals surface area (Å²) in [7, 11) is 1.92. The van der Waals surface area contributed by atoms with Crippen LogP contribution in [0.1, 0.15) is 67.6 Å². The molecule has 26 heavy (non-hydrogen) atoms. The molecule has 0 unspecified atom stereocenters. The van der Waals surface area contributed by atoms with Gasteiger partial charge in [0.1, 0.15) is 6.29 Å². The van der Waals surface area contributed by atoms with Crippen LogP contribution in [-0.2, 0) is 10.8 Å². The fourth-order valence-electron chi connectivity index (χ4n) is 4.17. The number of hydrogen-bond acceptors (Lipinski definition) is 2. The molecule has 3 rings (SSSR count). The van der Waals surface area contributed by atoms with Crippen molar-refractivity contribution in [2.75, 3.05) is 12.4 Å². The van der Waals surface area contributed by atoms with Crippen LogP contribution in [0.25, 0.3) is 11.1 Å². The number of fused-ring (bicyclic) bond motifs is 1. The van der Waals surface area contributed by atoms with E-state index in [9.17, 15) is 4.79 Å². The van der Waals surface area contributed by atoms with E-state index in [2.05, 4.69) is 68.0 Å². The molecule has 0 aromatic heterocycles. The van der Waals surface area contributed by atoms with Crippen molar-refractivity contribution < 1.29 is 4.79 Å². The summed E-state index contributed by atoms with van der Waals surface area (Å²) < 4.78 is 0.913. The average molecular weight is 414 g/mol. The zero-order valence-corrected chi connectivity index (χ0v) is 18.2. The third kappa shape index (κ3) is 3.11. The normalized spacial score (nSPS) is 17.5. The minimum absolute atomic E-state index is 0.159. The molecule has 0 saturated carbocycles. The standard InChI is InChI=1S/C23H28BrNO/c1-14-9-18-19(23(4,5)8-7-22(18,2)3)12-16(14)17-10-15(13-26)11-20(24)21(17)25-6/h9-13,25H,7-8H2,1-6H3. The van der Waals surface area contributed by atoms with E-state index in [-0.39, 0.29) is 10.8 Å². The summed E-state index contributed by atoms with van der Waals surface area (Å²) in [6.45, 7) is 11.6. The lowest BCUT2D eigenvalue weighted by molar-refractivity contribution is 0.112. The van der Waals surface area contributed by atoms with Crippen LogP contribution in [0.5, 0.6) is 0 Å². The van der Waals surface area contributed by atoms with E-state index in [4.69, 9.17) is 0 Å². The van der Waals surface area contributed by atoms with Crippen molar-refractivity contribution in [3.8, 4) is 11.1 Å². The van der Waals surface area contributed by atoms with E-state index in [1.54, 1.807) is 0 Å². The number of nitrogens with one attached hydrogen (secondary N) is 1. The highest BCUT2D eigenvalue weighted by molar-refractivity contribution is 9.10. The minimum atomic E-state index is 0.159. The van der Waals surface area contributed by atoms with Gasteiger partial charge in [0.25, 0.3) is 0 Å². The molecule has 0 saturated heterocycles. The number of halogens is 1. The molecular weight excluding hydrogens is 386 g/mol. The summed E-state index contributed by atoms with van der Waals surface area (Å²) in [5.41, 5.74) is 8.48. The summed E-state index contributed by atoms with van der Waals surface area (Å²) >= 11 is 3.61. The van der Waals surface area contributed by atoms with Gasteiger partial charge in [-0.25, -0.2) is 0 Å². The molecule has 1 aliphatic carbocycles. The van der Waals surface area contributed by atoms with Crippen LogP contribution in [-0.4, -0.2) is 13.3 Å². The Balaban J connectivity index is 2.32. The van der Waals surface area contributed by atoms with Gasteiger partial charge in [0.05, 0.1) is 5.69 Å². The summed E-state index contributed by atoms with van der Waals surface area (Å²) in [6.07, 6.45) is 3.31. The Bertz CT molecular complexity index is 880. The molecule has 138 valence electrons. The molecule has 0 spiro atoms. The molecule has 0 aliphatic heterocycles. The van der Waals surface area contributed by atoms with Crippen molar-refractivity contribution in [1.82, 2.24) is 0 Å². The predicted molar refractivity (Wildman–Crippen MR) is 115 cm³/mol. The molecular formula is C23H28BrNO. The van der Waals surface area contributed by atoms with Gasteiger partial charge in [0.2, 0.25) is 0 Å². The first-order chi connectivity index (χ1) is 12.1. The molecule has 0 bridgehead atoms. The van der Waals surface area contributed by atoms with Crippen molar-refractivity contribution in [3.63, 3.8) is 0 Å². The van der Waals surface area contributed by atoms with Gasteiger partial charge in [-0.1, -0.05) is 33.8 Å². The van der Waals surface area contributed by atoms with Crippen LogP contribution in [0.15, 0.2) is 28.7 Å². The zero-order valence-electron chi connectivity index (χ0n) is 16.6. The van der Waals surface area contributed by atoms with Gasteiger partial charge in [0.15, 0.2) is 0 Å². The van der Waals surface area contributed by atoms with Gasteiger partial charge < -0.3 is 5.32 Å². The summed E-state index contributed by atoms with van der Waals surface area (Å²) in [6, 6.07) is 8.58. The Morgan fingerprint density at radius 1 is 0.962 bits per heavy atom. The third-order valence-corrected chi connectivity index (χ3v) is 6.61. The fraction of sp³-hybridized carbons (Fsp3) is 0.435. The lowest BCUT2D eigenvalue weighted by Gasteiger charge is -2.42. The number of aryl methyl sites for hydroxylation is 1. The van der Waals surface area contributed by atoms with Gasteiger partial charge >= 0.3 is 0 Å². The first-order valence-electron chi connectivity index (χ1n) is 9.23. The molecule has 0 radical (unpaired) electrons. The van der Waals surface area contributed by atoms with Crippen LogP contribution in [0.3, 0.4) is 0 Å². The Labute approximate surface area is 165 Å². The molecule has 2 aromatic rings. The monoisotopic (exact) mass is 413 g/mol. The van der Waals surface area contributed by atoms with Gasteiger partial charge in [-0.3, -0.25) is 4.79 Å². The van der Waals surface area contributed by atoms with Crippen molar-refractivity contribution in [2.45, 2.75) is 58.3 Å². The number of hydrogen-bond donors (Lipinski definition) is 1. The van der Waals surface area contributed by atoms with Gasteiger partial charge in [-0.15, -0.1) is 0 Å². The lowest BCUT2D eigenvalue weighted by Crippen LogP contribution is -2.34. The highest BCUT2D eigenvalue weighted by Gasteiger charge is 2.37. The number of rotatable bonds is 3. The molecule has 1 N–H and O–H groups in total. The van der Waals surface area contributed by atoms with Crippen molar-refractivity contribution in [2.24, 2.45) is 0 Å². The number of anilines is 1. The SMILES string of the molecule is CNc1c(Br)cc(C=O)cc1-c1cc2c(cc1C)C(C)(C)CCC2(C)C. The number of aldehydes is 1. The number of carbonyl (C=O) groups excluding carboxylic acids is 1. The van der Waals surface area contributed by atoms with E-state index in [1.165, 1.54) is 35.1 Å². The van der Waals surface area contributed by atoms with E-state index >= 15 is 0 Å². The second kappa shape index (κ2) is 6.53. The smallest absolute Gasteiger partial charge is 0.150 e. The summed E-state index contributed by atoms with van der Waals surface area (Å²) in [5, 5.41) is 3.30. The van der Waals surface area contributed by atoms with Crippen molar-refractivity contribution in [3.05, 3.63) is 51.0 Å². The zero-order chi connectivity index (χ0) is 19.3. The fourth-order valence-corrected chi connectivity index (χ4v) is 4.85. The maximum atomic E-state index is 11.4. The molecule has 0 fully saturated rings. The maximum Gasteiger partial charge on any atom is 0.150 e. The first-order valence-corrected chi connectivity index (χ1v) is 10.0. The van der Waals surface area contributed by atoms with Crippen LogP contribution in [0.4, 0.5) is 5.69 Å². The highest BCUT2D eigenvalue weighted by atomic mass is 79.9. The van der Waals surface area contributed by atoms with E-state index in [0.29, 0.717) is 5.56 Å². The Morgan fingerprint density at radius 2 is 1.54 bits per heavy atom. The Kier molecular flexibility index (Phi) is 4.81. The average Bonchev–Trinajstić information content (AvgIpc) is 2.58. The molecule has 2 aromatic carbocycles. The van der Waals surface area contributed by atoms with Crippen molar-refractivity contribution in [1.29, 1.82) is 0 Å². The van der Waals surface area contributed by atoms with E-state index in [1.807, 2.05) is 19.2 Å². The second-order valence-corrected chi connectivity index (χ2v) is 9.63. The Hall–Kier alpha value is -1.61. The molecule has 0 heterocycles. The third-order valence-electron chi connectivity index (χ3n) is 5.99. The maximum absolute atomic E-state index is 11.4. The molecule has 0 amide bonds. The first kappa shape index (κ1) is 19.2. The molecule has 1 aliphatic rings. The van der Waals surface area contributed by atoms with Crippen LogP contribution in [0, 0.1) is 6.92 Å². The quantitative estimate of drug-likeness (QED) is 0.572. The van der Waals surface area contributed by atoms with Gasteiger partial charge in [-0.05, 0) is 87.0 Å². The second-order valence-electron chi connectivity index (χ2n) is 8.77. The largest absolute Gasteiger partial charge is 0.387 e. The van der Waals surface area contributed by atoms with Gasteiger partial charge in [0, 0.05) is 22.6 Å². The van der Waals surface area contributed by atoms with Gasteiger partial charge in [-0.2, -0.15) is 0 Å². The molecule has 2 nitrogen and oxygen atoms in total. The molecule has 0 atom stereocenters. The number of benzene rings is 2. The summed E-state index contributed by atoms with van der Waals surface area (Å²) in [5.74, 6) is 0. The number of carbonyl (C=O) groups is 1. The molecule has 3 heteroatoms. The van der Waals surface area contributed by atoms with E-state index < -0.39 is 0 Å². The Morgan fingerprint density at radius 3 is 2.08 bits per heavy atom. The van der Waals surface area contributed by atoms with Crippen LogP contribution in [0.2, 0.25) is 0 Å². The van der Waals surface area contributed by atoms with Crippen LogP contribution >= 0.6 is 15.9 Å². The minimum Gasteiger partial charge on any atom is -0.387 e. The van der Waals surface area contributed by atoms with E-state index in [0.717, 1.165) is 22.0 Å². The lowest BCUT2D eigenvalue weighted by atomic mass is 9.62. The highest BCUT2D eigenvalue weighted by Crippen LogP contribution is 2.48. The predicted octanol–water partition coefficient (Wildman–Crippen LogP) is 6.63. The summed E-state index contributed by atoms with van der Waals surface area (Å²) in [4.78, 5) is 11.4. The van der Waals surface area contributed by atoms with Crippen LogP contribution < -0.4 is 5.32 Å². The van der Waals surface area contributed by atoms with Crippen molar-refractivity contribution >= 4 is 27.9 Å². The topological polar surface area (TPSA) is 29.1 Å².